The zero-order valence-corrected chi connectivity index (χ0v) is 14.1. The number of aromatic amines is 2. The van der Waals surface area contributed by atoms with E-state index in [0.29, 0.717) is 21.8 Å². The number of nitrogens with one attached hydrogen (secondary N) is 2. The van der Waals surface area contributed by atoms with Gasteiger partial charge >= 0.3 is 5.97 Å². The lowest BCUT2D eigenvalue weighted by Gasteiger charge is -1.94. The molecule has 0 atom stereocenters. The van der Waals surface area contributed by atoms with Crippen molar-refractivity contribution >= 4 is 33.7 Å². The fourth-order valence-electron chi connectivity index (χ4n) is 2.67. The maximum atomic E-state index is 11.3. The van der Waals surface area contributed by atoms with Crippen LogP contribution >= 0.6 is 0 Å². The molecule has 0 bridgehead atoms. The summed E-state index contributed by atoms with van der Waals surface area (Å²) in [7, 11) is 0. The predicted molar refractivity (Wildman–Crippen MR) is 100 cm³/mol. The van der Waals surface area contributed by atoms with Gasteiger partial charge in [0.1, 0.15) is 11.5 Å². The number of carbonyl (C=O) groups excluding carboxylic acids is 1. The van der Waals surface area contributed by atoms with E-state index in [2.05, 4.69) is 20.0 Å². The Kier molecular flexibility index (Phi) is 4.88. The van der Waals surface area contributed by atoms with Crippen LogP contribution in [0.3, 0.4) is 0 Å². The largest absolute Gasteiger partial charge is 0.508 e. The standard InChI is InChI=1S/C9H6N4O2.C9H7NO3/c10-13-12-9(15)7-4-11-8-2-1-5(14)3-6(7)8;11-5-1-2-8-6(3-5)7(4-10-8)9(12)13/h1-4,11,14H;1-4,10-11H,(H,12,13). The minimum atomic E-state index is -1.00. The quantitative estimate of drug-likeness (QED) is 0.201. The monoisotopic (exact) mass is 379 g/mol. The third-order valence-electron chi connectivity index (χ3n) is 3.93. The lowest BCUT2D eigenvalue weighted by molar-refractivity contribution is 0.0699. The number of phenolic OH excluding ortho intramolecular Hbond substituents is 2. The molecule has 1 amide bonds. The molecule has 0 aliphatic heterocycles. The smallest absolute Gasteiger partial charge is 0.337 e. The minimum absolute atomic E-state index is 0.0529. The average molecular weight is 379 g/mol. The number of carbonyl (C=O) groups is 2. The first-order valence-corrected chi connectivity index (χ1v) is 7.83. The number of aromatic carboxylic acids is 1. The van der Waals surface area contributed by atoms with E-state index in [1.165, 1.54) is 36.7 Å². The highest BCUT2D eigenvalue weighted by atomic mass is 16.4. The fraction of sp³-hybridized carbons (Fsp3) is 0. The molecule has 0 spiro atoms. The molecule has 140 valence electrons. The van der Waals surface area contributed by atoms with E-state index in [1.54, 1.807) is 12.1 Å². The lowest BCUT2D eigenvalue weighted by Crippen LogP contribution is -1.93. The molecule has 0 aliphatic carbocycles. The predicted octanol–water partition coefficient (Wildman–Crippen LogP) is 3.90. The van der Waals surface area contributed by atoms with Crippen LogP contribution in [0.4, 0.5) is 0 Å². The van der Waals surface area contributed by atoms with Gasteiger partial charge < -0.3 is 25.3 Å². The summed E-state index contributed by atoms with van der Waals surface area (Å²) in [5.41, 5.74) is 9.96. The third-order valence-corrected chi connectivity index (χ3v) is 3.93. The molecule has 0 aliphatic rings. The second kappa shape index (κ2) is 7.44. The van der Waals surface area contributed by atoms with Crippen molar-refractivity contribution in [3.8, 4) is 11.5 Å². The van der Waals surface area contributed by atoms with Gasteiger partial charge in [-0.1, -0.05) is 0 Å². The molecule has 2 heterocycles. The van der Waals surface area contributed by atoms with Gasteiger partial charge in [0, 0.05) is 44.7 Å². The molecule has 0 saturated heterocycles. The molecule has 2 aromatic heterocycles. The zero-order chi connectivity index (χ0) is 20.3. The Morgan fingerprint density at radius 3 is 1.89 bits per heavy atom. The Balaban J connectivity index is 0.000000162. The second-order valence-electron chi connectivity index (χ2n) is 5.66. The first-order valence-electron chi connectivity index (χ1n) is 7.83. The number of phenols is 2. The number of aromatic hydroxyl groups is 2. The number of rotatable bonds is 2. The average Bonchev–Trinajstić information content (AvgIpc) is 3.25. The second-order valence-corrected chi connectivity index (χ2v) is 5.66. The van der Waals surface area contributed by atoms with Crippen LogP contribution in [-0.4, -0.2) is 37.2 Å². The Morgan fingerprint density at radius 2 is 1.39 bits per heavy atom. The summed E-state index contributed by atoms with van der Waals surface area (Å²) in [6.07, 6.45) is 2.85. The van der Waals surface area contributed by atoms with E-state index >= 15 is 0 Å². The molecule has 0 saturated carbocycles. The van der Waals surface area contributed by atoms with Crippen LogP contribution in [0.1, 0.15) is 20.7 Å². The molecule has 0 unspecified atom stereocenters. The van der Waals surface area contributed by atoms with Crippen molar-refractivity contribution in [3.63, 3.8) is 0 Å². The highest BCUT2D eigenvalue weighted by molar-refractivity contribution is 6.07. The van der Waals surface area contributed by atoms with E-state index in [0.717, 1.165) is 0 Å². The van der Waals surface area contributed by atoms with Gasteiger partial charge in [-0.25, -0.2) is 4.79 Å². The molecule has 4 rings (SSSR count). The maximum absolute atomic E-state index is 11.3. The summed E-state index contributed by atoms with van der Waals surface area (Å²) < 4.78 is 0. The van der Waals surface area contributed by atoms with E-state index in [1.807, 2.05) is 0 Å². The molecule has 10 nitrogen and oxygen atoms in total. The number of amides is 1. The molecule has 2 aromatic carbocycles. The number of carboxylic acid groups (broad SMARTS) is 1. The van der Waals surface area contributed by atoms with Crippen LogP contribution in [0.2, 0.25) is 0 Å². The summed E-state index contributed by atoms with van der Waals surface area (Å²) >= 11 is 0. The van der Waals surface area contributed by atoms with Crippen LogP contribution in [0.5, 0.6) is 11.5 Å². The number of nitrogens with zero attached hydrogens (tertiary/aromatic N) is 3. The van der Waals surface area contributed by atoms with E-state index in [-0.39, 0.29) is 22.6 Å². The van der Waals surface area contributed by atoms with Gasteiger partial charge in [-0.15, -0.1) is 0 Å². The highest BCUT2D eigenvalue weighted by Gasteiger charge is 2.11. The SMILES string of the molecule is O=C(O)c1c[nH]c2ccc(O)cc12.[N-]=[N+]=NC(=O)c1c[nH]c2ccc(O)cc12. The van der Waals surface area contributed by atoms with Crippen molar-refractivity contribution in [3.05, 3.63) is 70.4 Å². The first kappa shape index (κ1) is 18.4. The molecule has 10 heteroatoms. The van der Waals surface area contributed by atoms with Crippen molar-refractivity contribution in [1.82, 2.24) is 9.97 Å². The van der Waals surface area contributed by atoms with Gasteiger partial charge in [0.05, 0.1) is 5.56 Å². The van der Waals surface area contributed by atoms with Crippen molar-refractivity contribution in [2.75, 3.05) is 0 Å². The number of azide groups is 1. The van der Waals surface area contributed by atoms with Crippen molar-refractivity contribution in [2.24, 2.45) is 5.11 Å². The highest BCUT2D eigenvalue weighted by Crippen LogP contribution is 2.24. The Labute approximate surface area is 156 Å². The van der Waals surface area contributed by atoms with Crippen LogP contribution in [0, 0.1) is 0 Å². The molecule has 4 aromatic rings. The van der Waals surface area contributed by atoms with E-state index in [9.17, 15) is 14.7 Å². The van der Waals surface area contributed by atoms with E-state index in [4.69, 9.17) is 15.7 Å². The number of benzene rings is 2. The Morgan fingerprint density at radius 1 is 0.893 bits per heavy atom. The number of hydrogen-bond donors (Lipinski definition) is 5. The molecule has 5 N–H and O–H groups in total. The fourth-order valence-corrected chi connectivity index (χ4v) is 2.67. The lowest BCUT2D eigenvalue weighted by atomic mass is 10.1. The number of carboxylic acids is 1. The maximum Gasteiger partial charge on any atom is 0.337 e. The molecule has 28 heavy (non-hydrogen) atoms. The number of fused-ring (bicyclic) bond motifs is 2. The summed E-state index contributed by atoms with van der Waals surface area (Å²) in [6, 6.07) is 9.14. The van der Waals surface area contributed by atoms with Crippen LogP contribution < -0.4 is 0 Å². The van der Waals surface area contributed by atoms with Gasteiger partial charge in [-0.2, -0.15) is 0 Å². The zero-order valence-electron chi connectivity index (χ0n) is 14.1. The summed E-state index contributed by atoms with van der Waals surface area (Å²) in [6.45, 7) is 0. The first-order chi connectivity index (χ1) is 13.4. The van der Waals surface area contributed by atoms with E-state index < -0.39 is 11.9 Å². The minimum Gasteiger partial charge on any atom is -0.508 e. The number of aromatic nitrogens is 2. The van der Waals surface area contributed by atoms with Crippen molar-refractivity contribution < 1.29 is 24.9 Å². The van der Waals surface area contributed by atoms with Gasteiger partial charge in [0.25, 0.3) is 5.91 Å². The number of H-pyrrole nitrogens is 2. The van der Waals surface area contributed by atoms with Crippen molar-refractivity contribution in [1.29, 1.82) is 0 Å². The summed E-state index contributed by atoms with van der Waals surface area (Å²) in [4.78, 5) is 30.1. The molecular formula is C18H13N5O5. The van der Waals surface area contributed by atoms with Crippen LogP contribution in [0.25, 0.3) is 32.2 Å². The van der Waals surface area contributed by atoms with Gasteiger partial charge in [-0.3, -0.25) is 4.79 Å². The van der Waals surface area contributed by atoms with Crippen LogP contribution in [0.15, 0.2) is 53.9 Å². The van der Waals surface area contributed by atoms with Gasteiger partial charge in [-0.05, 0) is 47.0 Å². The van der Waals surface area contributed by atoms with Crippen LogP contribution in [-0.2, 0) is 0 Å². The molecule has 0 radical (unpaired) electrons. The third kappa shape index (κ3) is 3.57. The topological polar surface area (TPSA) is 175 Å². The Hall–Kier alpha value is -4.43. The van der Waals surface area contributed by atoms with Gasteiger partial charge in [0.15, 0.2) is 0 Å². The normalized spacial score (nSPS) is 10.1. The molecule has 0 fully saturated rings. The van der Waals surface area contributed by atoms with Gasteiger partial charge in [0.2, 0.25) is 0 Å². The number of hydrogen-bond acceptors (Lipinski definition) is 4. The van der Waals surface area contributed by atoms with Crippen molar-refractivity contribution in [2.45, 2.75) is 0 Å². The summed E-state index contributed by atoms with van der Waals surface area (Å²) in [5, 5.41) is 31.2. The summed E-state index contributed by atoms with van der Waals surface area (Å²) in [5.74, 6) is -1.56. The Bertz CT molecular complexity index is 1250. The molecular weight excluding hydrogens is 366 g/mol.